The van der Waals surface area contributed by atoms with E-state index in [-0.39, 0.29) is 35.8 Å². The maximum Gasteiger partial charge on any atom is 0.173 e. The Bertz CT molecular complexity index is 1480. The first kappa shape index (κ1) is 23.7. The van der Waals surface area contributed by atoms with Crippen molar-refractivity contribution in [3.8, 4) is 17.1 Å². The van der Waals surface area contributed by atoms with Gasteiger partial charge < -0.3 is 10.2 Å². The molecule has 2 aliphatic rings. The summed E-state index contributed by atoms with van der Waals surface area (Å²) < 4.78 is 30.5. The van der Waals surface area contributed by atoms with Crippen LogP contribution in [0.4, 0.5) is 8.78 Å². The van der Waals surface area contributed by atoms with Crippen molar-refractivity contribution in [3.05, 3.63) is 77.4 Å². The summed E-state index contributed by atoms with van der Waals surface area (Å²) in [5, 5.41) is 32.1. The first-order valence-corrected chi connectivity index (χ1v) is 12.1. The van der Waals surface area contributed by atoms with Crippen molar-refractivity contribution < 1.29 is 19.0 Å². The number of fused-ring (bicyclic) bond motifs is 5. The highest BCUT2D eigenvalue weighted by molar-refractivity contribution is 5.64. The normalized spacial score (nSPS) is 21.5. The molecule has 0 radical (unpaired) electrons. The number of aliphatic hydroxyl groups excluding tert-OH is 2. The molecule has 11 heteroatoms. The average Bonchev–Trinajstić information content (AvgIpc) is 3.53. The molecule has 0 saturated heterocycles. The van der Waals surface area contributed by atoms with Crippen LogP contribution in [0.5, 0.6) is 0 Å². The predicted octanol–water partition coefficient (Wildman–Crippen LogP) is 3.06. The van der Waals surface area contributed by atoms with E-state index in [1.807, 2.05) is 0 Å². The smallest absolute Gasteiger partial charge is 0.173 e. The molecule has 0 amide bonds. The monoisotopic (exact) mass is 505 g/mol. The molecule has 0 spiro atoms. The Morgan fingerprint density at radius 2 is 1.86 bits per heavy atom. The van der Waals surface area contributed by atoms with E-state index < -0.39 is 23.0 Å². The number of aliphatic hydroxyl groups is 2. The molecule has 2 aliphatic carbocycles. The zero-order chi connectivity index (χ0) is 25.9. The first-order chi connectivity index (χ1) is 17.8. The van der Waals surface area contributed by atoms with Gasteiger partial charge in [0, 0.05) is 6.20 Å². The van der Waals surface area contributed by atoms with Crippen LogP contribution in [-0.4, -0.2) is 58.4 Å². The van der Waals surface area contributed by atoms with Gasteiger partial charge in [0.15, 0.2) is 11.6 Å². The van der Waals surface area contributed by atoms with Crippen LogP contribution < -0.4 is 0 Å². The van der Waals surface area contributed by atoms with Crippen LogP contribution in [0.15, 0.2) is 43.0 Å². The molecule has 37 heavy (non-hydrogen) atoms. The summed E-state index contributed by atoms with van der Waals surface area (Å²) in [5.74, 6) is -1.10. The Balaban J connectivity index is 1.45. The topological polar surface area (TPSA) is 123 Å². The number of hydrogen-bond donors (Lipinski definition) is 2. The average molecular weight is 506 g/mol. The van der Waals surface area contributed by atoms with Gasteiger partial charge in [0.05, 0.1) is 53.4 Å². The van der Waals surface area contributed by atoms with Crippen molar-refractivity contribution in [2.45, 2.75) is 43.9 Å². The van der Waals surface area contributed by atoms with E-state index in [1.54, 1.807) is 18.5 Å². The minimum Gasteiger partial charge on any atom is -0.396 e. The van der Waals surface area contributed by atoms with Gasteiger partial charge in [0.1, 0.15) is 18.0 Å². The molecule has 2 bridgehead atoms. The second-order valence-corrected chi connectivity index (χ2v) is 10.2. The number of benzene rings is 1. The van der Waals surface area contributed by atoms with E-state index in [1.165, 1.54) is 29.2 Å². The van der Waals surface area contributed by atoms with Gasteiger partial charge in [-0.15, -0.1) is 10.2 Å². The molecule has 9 nitrogen and oxygen atoms in total. The van der Waals surface area contributed by atoms with Crippen LogP contribution in [0.3, 0.4) is 0 Å². The van der Waals surface area contributed by atoms with Crippen LogP contribution in [0.25, 0.3) is 17.1 Å². The Kier molecular flexibility index (Phi) is 5.39. The van der Waals surface area contributed by atoms with Crippen LogP contribution in [-0.2, 0) is 5.41 Å². The maximum atomic E-state index is 14.5. The van der Waals surface area contributed by atoms with Gasteiger partial charge >= 0.3 is 0 Å². The van der Waals surface area contributed by atoms with Crippen molar-refractivity contribution in [1.29, 1.82) is 0 Å². The fraction of sp³-hybridized carbons (Fsp3) is 0.385. The highest BCUT2D eigenvalue weighted by Gasteiger charge is 2.65. The van der Waals surface area contributed by atoms with E-state index in [0.717, 1.165) is 24.1 Å². The lowest BCUT2D eigenvalue weighted by atomic mass is 9.66. The van der Waals surface area contributed by atoms with Gasteiger partial charge in [-0.2, -0.15) is 5.10 Å². The van der Waals surface area contributed by atoms with Crippen LogP contribution >= 0.6 is 0 Å². The summed E-state index contributed by atoms with van der Waals surface area (Å²) in [6.07, 6.45) is 6.39. The Hall–Kier alpha value is -3.70. The lowest BCUT2D eigenvalue weighted by Gasteiger charge is -2.37. The largest absolute Gasteiger partial charge is 0.396 e. The fourth-order valence-corrected chi connectivity index (χ4v) is 6.22. The van der Waals surface area contributed by atoms with Crippen LogP contribution in [0.2, 0.25) is 0 Å². The summed E-state index contributed by atoms with van der Waals surface area (Å²) in [6, 6.07) is 5.52. The van der Waals surface area contributed by atoms with Gasteiger partial charge in [-0.05, 0) is 47.9 Å². The maximum absolute atomic E-state index is 14.5. The van der Waals surface area contributed by atoms with Gasteiger partial charge in [-0.1, -0.05) is 19.9 Å². The van der Waals surface area contributed by atoms with Crippen molar-refractivity contribution >= 4 is 0 Å². The third-order valence-corrected chi connectivity index (χ3v) is 8.21. The highest BCUT2D eigenvalue weighted by Crippen LogP contribution is 2.69. The Morgan fingerprint density at radius 1 is 1.11 bits per heavy atom. The lowest BCUT2D eigenvalue weighted by molar-refractivity contribution is 0.188. The van der Waals surface area contributed by atoms with Crippen molar-refractivity contribution in [1.82, 2.24) is 34.9 Å². The van der Waals surface area contributed by atoms with E-state index in [9.17, 15) is 19.0 Å². The van der Waals surface area contributed by atoms with Crippen molar-refractivity contribution in [2.75, 3.05) is 13.2 Å². The number of rotatable bonds is 6. The minimum atomic E-state index is -0.679. The molecular formula is C26H25F2N7O2. The van der Waals surface area contributed by atoms with E-state index >= 15 is 0 Å². The summed E-state index contributed by atoms with van der Waals surface area (Å²) in [5.41, 5.74) is 1.46. The van der Waals surface area contributed by atoms with Crippen molar-refractivity contribution in [3.63, 3.8) is 0 Å². The van der Waals surface area contributed by atoms with Gasteiger partial charge in [0.2, 0.25) is 0 Å². The van der Waals surface area contributed by atoms with Gasteiger partial charge in [-0.25, -0.2) is 23.4 Å². The number of nitrogens with zero attached hydrogens (tertiary/aromatic N) is 7. The number of hydrogen-bond acceptors (Lipinski definition) is 8. The molecule has 1 fully saturated rings. The molecule has 2 atom stereocenters. The quantitative estimate of drug-likeness (QED) is 0.410. The third-order valence-electron chi connectivity index (χ3n) is 8.21. The Morgan fingerprint density at radius 3 is 2.59 bits per heavy atom. The minimum absolute atomic E-state index is 0.102. The van der Waals surface area contributed by atoms with Crippen molar-refractivity contribution in [2.24, 2.45) is 5.41 Å². The zero-order valence-corrected chi connectivity index (χ0v) is 20.3. The number of halogens is 2. The Labute approximate surface area is 211 Å². The molecule has 1 aromatic carbocycles. The van der Waals surface area contributed by atoms with Gasteiger partial charge in [-0.3, -0.25) is 4.98 Å². The summed E-state index contributed by atoms with van der Waals surface area (Å²) in [7, 11) is 0. The second-order valence-electron chi connectivity index (χ2n) is 10.2. The molecule has 2 N–H and O–H groups in total. The molecule has 6 rings (SSSR count). The molecule has 0 aliphatic heterocycles. The van der Waals surface area contributed by atoms with E-state index in [2.05, 4.69) is 39.1 Å². The first-order valence-electron chi connectivity index (χ1n) is 12.1. The summed E-state index contributed by atoms with van der Waals surface area (Å²) in [6.45, 7) is 3.76. The van der Waals surface area contributed by atoms with E-state index in [4.69, 9.17) is 4.98 Å². The fourth-order valence-electron chi connectivity index (χ4n) is 6.22. The SMILES string of the molecule is CC1(C)[C@H]2CC[C@]1(c1cncc(-n3cnc(C(CO)CO)n3)n1)c1nnc(-c3c(F)cccc3F)cc12. The van der Waals surface area contributed by atoms with Gasteiger partial charge in [0.25, 0.3) is 0 Å². The molecular weight excluding hydrogens is 480 g/mol. The lowest BCUT2D eigenvalue weighted by Crippen LogP contribution is -2.38. The molecule has 3 aromatic heterocycles. The van der Waals surface area contributed by atoms with Crippen LogP contribution in [0.1, 0.15) is 61.3 Å². The second kappa shape index (κ2) is 8.42. The zero-order valence-electron chi connectivity index (χ0n) is 20.3. The highest BCUT2D eigenvalue weighted by atomic mass is 19.1. The predicted molar refractivity (Wildman–Crippen MR) is 128 cm³/mol. The molecule has 3 heterocycles. The van der Waals surface area contributed by atoms with E-state index in [0.29, 0.717) is 17.3 Å². The summed E-state index contributed by atoms with van der Waals surface area (Å²) >= 11 is 0. The number of aromatic nitrogens is 7. The standard InChI is InChI=1S/C26H25F2N7O2/c1-25(2)16-6-7-26(25,23-15(16)8-19(32-33-23)22-17(27)4-3-5-18(22)28)20-9-29-10-21(31-20)35-13-30-24(34-35)14(11-36)12-37/h3-5,8-10,13-14,16,36-37H,6-7,11-12H2,1-2H3/t16-,26-/m0/s1. The molecule has 190 valence electrons. The van der Waals surface area contributed by atoms with Crippen LogP contribution in [0, 0.1) is 17.0 Å². The molecule has 4 aromatic rings. The molecule has 0 unspecified atom stereocenters. The summed E-state index contributed by atoms with van der Waals surface area (Å²) in [4.78, 5) is 13.6. The molecule has 1 saturated carbocycles. The third kappa shape index (κ3) is 3.27.